The molecule has 0 unspecified atom stereocenters. The third-order valence-corrected chi connectivity index (χ3v) is 2.21. The highest BCUT2D eigenvalue weighted by atomic mass is 19.1. The standard InChI is InChI=1S/C12H11FN2O2/c1-8-6-9(13)2-4-11(8)17-12-5-3-10(7-16)14-15-12/h2-6,16H,7H2,1H3. The molecular formula is C12H11FN2O2. The molecule has 88 valence electrons. The summed E-state index contributed by atoms with van der Waals surface area (Å²) < 4.78 is 18.3. The first kappa shape index (κ1) is 11.5. The normalized spacial score (nSPS) is 10.3. The number of aliphatic hydroxyl groups is 1. The van der Waals surface area contributed by atoms with Crippen molar-refractivity contribution in [3.8, 4) is 11.6 Å². The Morgan fingerprint density at radius 1 is 1.24 bits per heavy atom. The molecule has 1 N–H and O–H groups in total. The van der Waals surface area contributed by atoms with Gasteiger partial charge in [0.1, 0.15) is 11.6 Å². The van der Waals surface area contributed by atoms with Gasteiger partial charge >= 0.3 is 0 Å². The van der Waals surface area contributed by atoms with Gasteiger partial charge in [0.25, 0.3) is 0 Å². The molecule has 0 amide bonds. The quantitative estimate of drug-likeness (QED) is 0.884. The molecule has 5 heteroatoms. The van der Waals surface area contributed by atoms with E-state index in [1.54, 1.807) is 19.1 Å². The maximum absolute atomic E-state index is 12.9. The summed E-state index contributed by atoms with van der Waals surface area (Å²) in [5.41, 5.74) is 1.14. The van der Waals surface area contributed by atoms with E-state index < -0.39 is 0 Å². The van der Waals surface area contributed by atoms with Crippen LogP contribution in [0.15, 0.2) is 30.3 Å². The molecule has 17 heavy (non-hydrogen) atoms. The molecule has 0 bridgehead atoms. The third-order valence-electron chi connectivity index (χ3n) is 2.21. The molecule has 0 aliphatic rings. The van der Waals surface area contributed by atoms with Gasteiger partial charge in [-0.15, -0.1) is 10.2 Å². The van der Waals surface area contributed by atoms with Gasteiger partial charge in [0.15, 0.2) is 0 Å². The Morgan fingerprint density at radius 2 is 2.06 bits per heavy atom. The molecule has 0 aliphatic heterocycles. The van der Waals surface area contributed by atoms with Gasteiger partial charge in [0.2, 0.25) is 5.88 Å². The third kappa shape index (κ3) is 2.76. The van der Waals surface area contributed by atoms with Gasteiger partial charge in [0, 0.05) is 6.07 Å². The molecule has 2 aromatic rings. The highest BCUT2D eigenvalue weighted by Gasteiger charge is 2.04. The summed E-state index contributed by atoms with van der Waals surface area (Å²) >= 11 is 0. The fourth-order valence-corrected chi connectivity index (χ4v) is 1.33. The number of rotatable bonds is 3. The average Bonchev–Trinajstić information content (AvgIpc) is 2.34. The number of hydrogen-bond acceptors (Lipinski definition) is 4. The molecule has 4 nitrogen and oxygen atoms in total. The Kier molecular flexibility index (Phi) is 3.30. The summed E-state index contributed by atoms with van der Waals surface area (Å²) in [6, 6.07) is 7.44. The molecule has 0 spiro atoms. The van der Waals surface area contributed by atoms with Crippen molar-refractivity contribution < 1.29 is 14.2 Å². The topological polar surface area (TPSA) is 55.2 Å². The SMILES string of the molecule is Cc1cc(F)ccc1Oc1ccc(CO)nn1. The highest BCUT2D eigenvalue weighted by Crippen LogP contribution is 2.23. The summed E-state index contributed by atoms with van der Waals surface area (Å²) in [6.07, 6.45) is 0. The van der Waals surface area contributed by atoms with Gasteiger partial charge in [0.05, 0.1) is 12.3 Å². The minimum Gasteiger partial charge on any atom is -0.437 e. The maximum Gasteiger partial charge on any atom is 0.238 e. The van der Waals surface area contributed by atoms with Crippen LogP contribution in [0.4, 0.5) is 4.39 Å². The van der Waals surface area contributed by atoms with Crippen molar-refractivity contribution in [1.82, 2.24) is 10.2 Å². The van der Waals surface area contributed by atoms with Crippen LogP contribution >= 0.6 is 0 Å². The van der Waals surface area contributed by atoms with Gasteiger partial charge in [-0.3, -0.25) is 0 Å². The number of aromatic nitrogens is 2. The summed E-state index contributed by atoms with van der Waals surface area (Å²) in [5, 5.41) is 16.3. The van der Waals surface area contributed by atoms with Crippen LogP contribution in [0.3, 0.4) is 0 Å². The van der Waals surface area contributed by atoms with E-state index >= 15 is 0 Å². The van der Waals surface area contributed by atoms with Crippen molar-refractivity contribution in [3.05, 3.63) is 47.4 Å². The van der Waals surface area contributed by atoms with Gasteiger partial charge < -0.3 is 9.84 Å². The minimum atomic E-state index is -0.309. The lowest BCUT2D eigenvalue weighted by Gasteiger charge is -2.07. The molecule has 0 saturated heterocycles. The summed E-state index contributed by atoms with van der Waals surface area (Å²) in [4.78, 5) is 0. The Balaban J connectivity index is 2.19. The van der Waals surface area contributed by atoms with Crippen LogP contribution in [0.5, 0.6) is 11.6 Å². The number of halogens is 1. The monoisotopic (exact) mass is 234 g/mol. The zero-order valence-corrected chi connectivity index (χ0v) is 9.22. The molecule has 0 saturated carbocycles. The Morgan fingerprint density at radius 3 is 2.65 bits per heavy atom. The second-order valence-electron chi connectivity index (χ2n) is 3.53. The first-order valence-corrected chi connectivity index (χ1v) is 5.06. The van der Waals surface area contributed by atoms with Gasteiger partial charge in [-0.1, -0.05) is 0 Å². The lowest BCUT2D eigenvalue weighted by molar-refractivity contribution is 0.274. The van der Waals surface area contributed by atoms with Crippen LogP contribution in [0.2, 0.25) is 0 Å². The van der Waals surface area contributed by atoms with E-state index in [1.807, 2.05) is 0 Å². The number of aryl methyl sites for hydroxylation is 1. The molecule has 0 radical (unpaired) electrons. The second-order valence-corrected chi connectivity index (χ2v) is 3.53. The van der Waals surface area contributed by atoms with Gasteiger partial charge in [-0.05, 0) is 36.8 Å². The van der Waals surface area contributed by atoms with Crippen LogP contribution in [0.25, 0.3) is 0 Å². The van der Waals surface area contributed by atoms with Crippen molar-refractivity contribution in [3.63, 3.8) is 0 Å². The van der Waals surface area contributed by atoms with Crippen LogP contribution in [-0.2, 0) is 6.61 Å². The highest BCUT2D eigenvalue weighted by molar-refractivity contribution is 5.35. The number of nitrogens with zero attached hydrogens (tertiary/aromatic N) is 2. The predicted molar refractivity (Wildman–Crippen MR) is 59.2 cm³/mol. The fourth-order valence-electron chi connectivity index (χ4n) is 1.33. The molecular weight excluding hydrogens is 223 g/mol. The van der Waals surface area contributed by atoms with Crippen molar-refractivity contribution in [2.45, 2.75) is 13.5 Å². The predicted octanol–water partition coefficient (Wildman–Crippen LogP) is 2.21. The number of ether oxygens (including phenoxy) is 1. The smallest absolute Gasteiger partial charge is 0.238 e. The maximum atomic E-state index is 12.9. The molecule has 0 atom stereocenters. The number of aliphatic hydroxyl groups excluding tert-OH is 1. The second kappa shape index (κ2) is 4.88. The van der Waals surface area contributed by atoms with Crippen LogP contribution < -0.4 is 4.74 Å². The number of benzene rings is 1. The summed E-state index contributed by atoms with van der Waals surface area (Å²) in [7, 11) is 0. The zero-order chi connectivity index (χ0) is 12.3. The Hall–Kier alpha value is -2.01. The van der Waals surface area contributed by atoms with Crippen molar-refractivity contribution in [2.24, 2.45) is 0 Å². The lowest BCUT2D eigenvalue weighted by Crippen LogP contribution is -1.96. The summed E-state index contributed by atoms with van der Waals surface area (Å²) in [6.45, 7) is 1.58. The molecule has 0 fully saturated rings. The van der Waals surface area contributed by atoms with E-state index in [0.29, 0.717) is 22.9 Å². The van der Waals surface area contributed by atoms with Crippen LogP contribution in [-0.4, -0.2) is 15.3 Å². The van der Waals surface area contributed by atoms with E-state index in [2.05, 4.69) is 10.2 Å². The van der Waals surface area contributed by atoms with E-state index in [1.165, 1.54) is 18.2 Å². The van der Waals surface area contributed by atoms with E-state index in [4.69, 9.17) is 9.84 Å². The summed E-state index contributed by atoms with van der Waals surface area (Å²) in [5.74, 6) is 0.519. The van der Waals surface area contributed by atoms with Crippen LogP contribution in [0.1, 0.15) is 11.3 Å². The molecule has 1 aromatic heterocycles. The molecule has 0 aliphatic carbocycles. The van der Waals surface area contributed by atoms with E-state index in [-0.39, 0.29) is 12.4 Å². The number of hydrogen-bond donors (Lipinski definition) is 1. The molecule has 2 rings (SSSR count). The van der Waals surface area contributed by atoms with E-state index in [9.17, 15) is 4.39 Å². The van der Waals surface area contributed by atoms with Crippen molar-refractivity contribution in [1.29, 1.82) is 0 Å². The van der Waals surface area contributed by atoms with Gasteiger partial charge in [-0.25, -0.2) is 4.39 Å². The first-order chi connectivity index (χ1) is 8.19. The van der Waals surface area contributed by atoms with E-state index in [0.717, 1.165) is 0 Å². The lowest BCUT2D eigenvalue weighted by atomic mass is 10.2. The molecule has 1 aromatic carbocycles. The Labute approximate surface area is 97.7 Å². The fraction of sp³-hybridized carbons (Fsp3) is 0.167. The average molecular weight is 234 g/mol. The Bertz CT molecular complexity index is 514. The van der Waals surface area contributed by atoms with Crippen molar-refractivity contribution >= 4 is 0 Å². The van der Waals surface area contributed by atoms with Gasteiger partial charge in [-0.2, -0.15) is 0 Å². The minimum absolute atomic E-state index is 0.164. The van der Waals surface area contributed by atoms with Crippen LogP contribution in [0, 0.1) is 12.7 Å². The zero-order valence-electron chi connectivity index (χ0n) is 9.22. The largest absolute Gasteiger partial charge is 0.437 e. The molecule has 1 heterocycles. The first-order valence-electron chi connectivity index (χ1n) is 5.06. The van der Waals surface area contributed by atoms with Crippen molar-refractivity contribution in [2.75, 3.05) is 0 Å².